The molecule has 0 aromatic rings. The van der Waals surface area contributed by atoms with Gasteiger partial charge in [-0.05, 0) is 25.1 Å². The van der Waals surface area contributed by atoms with E-state index in [9.17, 15) is 4.79 Å². The van der Waals surface area contributed by atoms with E-state index < -0.39 is 0 Å². The highest BCUT2D eigenvalue weighted by molar-refractivity contribution is 5.73. The first kappa shape index (κ1) is 9.74. The van der Waals surface area contributed by atoms with Gasteiger partial charge < -0.3 is 10.6 Å². The molecule has 0 atom stereocenters. The van der Waals surface area contributed by atoms with E-state index in [1.165, 1.54) is 0 Å². The number of carbonyl (C=O) groups excluding carboxylic acids is 1. The maximum absolute atomic E-state index is 10.7. The van der Waals surface area contributed by atoms with E-state index in [4.69, 9.17) is 5.73 Å². The molecule has 3 heteroatoms. The fraction of sp³-hybridized carbons (Fsp3) is 0.300. The van der Waals surface area contributed by atoms with E-state index in [0.29, 0.717) is 12.2 Å². The quantitative estimate of drug-likeness (QED) is 0.648. The lowest BCUT2D eigenvalue weighted by atomic mass is 10.3. The third kappa shape index (κ3) is 2.87. The lowest BCUT2D eigenvalue weighted by molar-refractivity contribution is -0.105. The number of rotatable bonds is 4. The average Bonchev–Trinajstić information content (AvgIpc) is 2.39. The molecule has 0 aromatic heterocycles. The van der Waals surface area contributed by atoms with Crippen LogP contribution in [0.25, 0.3) is 0 Å². The lowest BCUT2D eigenvalue weighted by Gasteiger charge is -2.18. The van der Waals surface area contributed by atoms with Crippen LogP contribution in [0, 0.1) is 0 Å². The highest BCUT2D eigenvalue weighted by Crippen LogP contribution is 2.07. The normalized spacial score (nSPS) is 15.5. The molecule has 1 aliphatic rings. The molecule has 3 nitrogen and oxygen atoms in total. The SMILES string of the molecule is NCCCN1C=CC=CC=C1C=O. The van der Waals surface area contributed by atoms with Gasteiger partial charge in [0.15, 0.2) is 6.29 Å². The monoisotopic (exact) mass is 178 g/mol. The van der Waals surface area contributed by atoms with Gasteiger partial charge in [0.2, 0.25) is 0 Å². The number of hydrogen-bond donors (Lipinski definition) is 1. The van der Waals surface area contributed by atoms with Crippen molar-refractivity contribution in [1.29, 1.82) is 0 Å². The number of hydrogen-bond acceptors (Lipinski definition) is 3. The Morgan fingerprint density at radius 1 is 1.38 bits per heavy atom. The standard InChI is InChI=1S/C10H14N2O/c11-6-4-8-12-7-3-1-2-5-10(12)9-13/h1-3,5,7,9H,4,6,8,11H2. The molecule has 0 bridgehead atoms. The van der Waals surface area contributed by atoms with Gasteiger partial charge in [0.25, 0.3) is 0 Å². The molecule has 0 fully saturated rings. The molecule has 0 aliphatic carbocycles. The Bertz CT molecular complexity index is 254. The molecule has 1 heterocycles. The Hall–Kier alpha value is -1.35. The topological polar surface area (TPSA) is 46.3 Å². The summed E-state index contributed by atoms with van der Waals surface area (Å²) in [6, 6.07) is 0. The minimum atomic E-state index is 0.643. The third-order valence-electron chi connectivity index (χ3n) is 1.81. The van der Waals surface area contributed by atoms with Crippen LogP contribution in [0.2, 0.25) is 0 Å². The van der Waals surface area contributed by atoms with Gasteiger partial charge in [-0.1, -0.05) is 12.2 Å². The summed E-state index contributed by atoms with van der Waals surface area (Å²) in [5, 5.41) is 0. The van der Waals surface area contributed by atoms with E-state index in [2.05, 4.69) is 0 Å². The van der Waals surface area contributed by atoms with Crippen molar-refractivity contribution in [3.05, 3.63) is 36.2 Å². The van der Waals surface area contributed by atoms with Gasteiger partial charge >= 0.3 is 0 Å². The second-order valence-corrected chi connectivity index (χ2v) is 2.77. The maximum atomic E-state index is 10.7. The predicted octanol–water partition coefficient (Wildman–Crippen LogP) is 0.804. The molecule has 0 saturated heterocycles. The van der Waals surface area contributed by atoms with E-state index in [0.717, 1.165) is 19.3 Å². The fourth-order valence-corrected chi connectivity index (χ4v) is 1.13. The van der Waals surface area contributed by atoms with Gasteiger partial charge in [0.1, 0.15) is 0 Å². The molecule has 0 saturated carbocycles. The molecule has 2 N–H and O–H groups in total. The summed E-state index contributed by atoms with van der Waals surface area (Å²) in [4.78, 5) is 12.6. The molecule has 13 heavy (non-hydrogen) atoms. The summed E-state index contributed by atoms with van der Waals surface area (Å²) in [7, 11) is 0. The van der Waals surface area contributed by atoms with Gasteiger partial charge in [-0.3, -0.25) is 4.79 Å². The van der Waals surface area contributed by atoms with Crippen LogP contribution in [0.5, 0.6) is 0 Å². The molecule has 70 valence electrons. The minimum Gasteiger partial charge on any atom is -0.345 e. The summed E-state index contributed by atoms with van der Waals surface area (Å²) in [5.41, 5.74) is 6.08. The number of allylic oxidation sites excluding steroid dienone is 5. The average molecular weight is 178 g/mol. The summed E-state index contributed by atoms with van der Waals surface area (Å²) in [6.45, 7) is 1.43. The van der Waals surface area contributed by atoms with Gasteiger partial charge in [-0.15, -0.1) is 0 Å². The third-order valence-corrected chi connectivity index (χ3v) is 1.81. The molecule has 0 unspecified atom stereocenters. The zero-order valence-electron chi connectivity index (χ0n) is 7.52. The molecule has 1 rings (SSSR count). The van der Waals surface area contributed by atoms with E-state index >= 15 is 0 Å². The number of carbonyl (C=O) groups is 1. The maximum Gasteiger partial charge on any atom is 0.166 e. The smallest absolute Gasteiger partial charge is 0.166 e. The van der Waals surface area contributed by atoms with Crippen LogP contribution < -0.4 is 5.73 Å². The van der Waals surface area contributed by atoms with Gasteiger partial charge in [0, 0.05) is 12.7 Å². The summed E-state index contributed by atoms with van der Waals surface area (Å²) >= 11 is 0. The molecular weight excluding hydrogens is 164 g/mol. The van der Waals surface area contributed by atoms with Crippen LogP contribution in [-0.2, 0) is 4.79 Å². The molecule has 0 amide bonds. The Morgan fingerprint density at radius 2 is 2.23 bits per heavy atom. The second kappa shape index (κ2) is 5.32. The Morgan fingerprint density at radius 3 is 2.92 bits per heavy atom. The number of nitrogens with two attached hydrogens (primary N) is 1. The lowest BCUT2D eigenvalue weighted by Crippen LogP contribution is -2.20. The molecule has 0 spiro atoms. The van der Waals surface area contributed by atoms with Crippen LogP contribution in [0.4, 0.5) is 0 Å². The zero-order chi connectivity index (χ0) is 9.52. The van der Waals surface area contributed by atoms with Crippen molar-refractivity contribution in [2.75, 3.05) is 13.1 Å². The van der Waals surface area contributed by atoms with Crippen LogP contribution in [-0.4, -0.2) is 24.3 Å². The summed E-state index contributed by atoms with van der Waals surface area (Å²) < 4.78 is 0. The summed E-state index contributed by atoms with van der Waals surface area (Å²) in [5.74, 6) is 0. The zero-order valence-corrected chi connectivity index (χ0v) is 7.52. The van der Waals surface area contributed by atoms with E-state index in [-0.39, 0.29) is 0 Å². The number of nitrogens with zero attached hydrogens (tertiary/aromatic N) is 1. The van der Waals surface area contributed by atoms with Crippen molar-refractivity contribution in [1.82, 2.24) is 4.90 Å². The van der Waals surface area contributed by atoms with Crippen molar-refractivity contribution in [2.24, 2.45) is 5.73 Å². The Kier molecular flexibility index (Phi) is 3.99. The van der Waals surface area contributed by atoms with Crippen LogP contribution in [0.3, 0.4) is 0 Å². The first-order valence-electron chi connectivity index (χ1n) is 4.35. The first-order valence-corrected chi connectivity index (χ1v) is 4.35. The van der Waals surface area contributed by atoms with Crippen molar-refractivity contribution < 1.29 is 4.79 Å². The van der Waals surface area contributed by atoms with Gasteiger partial charge in [0.05, 0.1) is 5.70 Å². The highest BCUT2D eigenvalue weighted by atomic mass is 16.1. The summed E-state index contributed by atoms with van der Waals surface area (Å²) in [6.07, 6.45) is 11.1. The Balaban J connectivity index is 2.64. The number of aldehydes is 1. The van der Waals surface area contributed by atoms with Gasteiger partial charge in [-0.25, -0.2) is 0 Å². The molecule has 0 radical (unpaired) electrons. The van der Waals surface area contributed by atoms with E-state index in [1.54, 1.807) is 6.08 Å². The van der Waals surface area contributed by atoms with Gasteiger partial charge in [-0.2, -0.15) is 0 Å². The van der Waals surface area contributed by atoms with Crippen LogP contribution in [0.15, 0.2) is 36.2 Å². The van der Waals surface area contributed by atoms with Crippen molar-refractivity contribution in [3.8, 4) is 0 Å². The van der Waals surface area contributed by atoms with Crippen LogP contribution >= 0.6 is 0 Å². The van der Waals surface area contributed by atoms with Crippen LogP contribution in [0.1, 0.15) is 6.42 Å². The van der Waals surface area contributed by atoms with Crippen molar-refractivity contribution in [3.63, 3.8) is 0 Å². The molecule has 1 aliphatic heterocycles. The fourth-order valence-electron chi connectivity index (χ4n) is 1.13. The first-order chi connectivity index (χ1) is 6.38. The second-order valence-electron chi connectivity index (χ2n) is 2.77. The highest BCUT2D eigenvalue weighted by Gasteiger charge is 2.04. The minimum absolute atomic E-state index is 0.643. The molecule has 0 aromatic carbocycles. The largest absolute Gasteiger partial charge is 0.345 e. The predicted molar refractivity (Wildman–Crippen MR) is 52.8 cm³/mol. The molecular formula is C10H14N2O. The van der Waals surface area contributed by atoms with Crippen molar-refractivity contribution >= 4 is 6.29 Å². The van der Waals surface area contributed by atoms with E-state index in [1.807, 2.05) is 29.3 Å². The van der Waals surface area contributed by atoms with Crippen molar-refractivity contribution in [2.45, 2.75) is 6.42 Å². The Labute approximate surface area is 78.2 Å².